The summed E-state index contributed by atoms with van der Waals surface area (Å²) in [7, 11) is 1.67. The summed E-state index contributed by atoms with van der Waals surface area (Å²) in [6, 6.07) is 0. The highest BCUT2D eigenvalue weighted by Crippen LogP contribution is 2.10. The third-order valence-corrected chi connectivity index (χ3v) is 2.07. The smallest absolute Gasteiger partial charge is 0.362 e. The van der Waals surface area contributed by atoms with E-state index in [-0.39, 0.29) is 11.5 Å². The molecule has 0 aliphatic carbocycles. The van der Waals surface area contributed by atoms with Crippen LogP contribution in [0.1, 0.15) is 12.7 Å². The Morgan fingerprint density at radius 3 is 2.93 bits per heavy atom. The van der Waals surface area contributed by atoms with Crippen LogP contribution in [0.25, 0.3) is 0 Å². The lowest BCUT2D eigenvalue weighted by Crippen LogP contribution is -2.16. The van der Waals surface area contributed by atoms with Crippen LogP contribution in [-0.2, 0) is 9.63 Å². The molecule has 0 aromatic carbocycles. The van der Waals surface area contributed by atoms with E-state index in [9.17, 15) is 4.79 Å². The molecule has 1 aromatic heterocycles. The Balaban J connectivity index is 2.94. The van der Waals surface area contributed by atoms with Crippen molar-refractivity contribution in [3.8, 4) is 0 Å². The monoisotopic (exact) mass is 230 g/mol. The molecule has 0 fully saturated rings. The number of nitrogens with zero attached hydrogens (tertiary/aromatic N) is 3. The van der Waals surface area contributed by atoms with Crippen molar-refractivity contribution in [1.29, 1.82) is 0 Å². The summed E-state index contributed by atoms with van der Waals surface area (Å²) >= 11 is 1.06. The summed E-state index contributed by atoms with van der Waals surface area (Å²) in [5, 5.41) is 15.5. The standard InChI is InChI=1S/C7H10N4O3S/c1-3-14-10-4(6(12)13)5-9-7(8-2)15-11-5/h3H2,1-2H3,(H,12,13)(H,8,9,11)/b10-4+. The Kier molecular flexibility index (Phi) is 3.98. The maximum atomic E-state index is 10.8. The first-order chi connectivity index (χ1) is 7.19. The van der Waals surface area contributed by atoms with Crippen molar-refractivity contribution in [2.24, 2.45) is 5.16 Å². The number of carboxylic acid groups (broad SMARTS) is 1. The first-order valence-corrected chi connectivity index (χ1v) is 4.91. The summed E-state index contributed by atoms with van der Waals surface area (Å²) in [6.07, 6.45) is 0. The number of aliphatic carboxylic acids is 1. The van der Waals surface area contributed by atoms with Crippen molar-refractivity contribution < 1.29 is 14.7 Å². The molecular weight excluding hydrogens is 220 g/mol. The van der Waals surface area contributed by atoms with Crippen LogP contribution in [0.4, 0.5) is 5.13 Å². The molecular formula is C7H10N4O3S. The second-order valence-electron chi connectivity index (χ2n) is 2.34. The molecule has 0 aliphatic heterocycles. The normalized spacial score (nSPS) is 11.2. The molecule has 0 spiro atoms. The van der Waals surface area contributed by atoms with E-state index in [2.05, 4.69) is 24.7 Å². The average molecular weight is 230 g/mol. The van der Waals surface area contributed by atoms with E-state index in [0.717, 1.165) is 11.5 Å². The van der Waals surface area contributed by atoms with Crippen LogP contribution >= 0.6 is 11.5 Å². The number of rotatable bonds is 5. The number of hydrogen-bond acceptors (Lipinski definition) is 7. The first-order valence-electron chi connectivity index (χ1n) is 4.14. The fraction of sp³-hybridized carbons (Fsp3) is 0.429. The zero-order valence-electron chi connectivity index (χ0n) is 8.22. The maximum absolute atomic E-state index is 10.8. The third-order valence-electron chi connectivity index (χ3n) is 1.34. The average Bonchev–Trinajstić information content (AvgIpc) is 2.66. The molecule has 0 radical (unpaired) electrons. The second-order valence-corrected chi connectivity index (χ2v) is 3.09. The highest BCUT2D eigenvalue weighted by atomic mass is 32.1. The molecule has 0 saturated carbocycles. The summed E-state index contributed by atoms with van der Waals surface area (Å²) in [6.45, 7) is 2.00. The zero-order valence-corrected chi connectivity index (χ0v) is 9.04. The highest BCUT2D eigenvalue weighted by molar-refractivity contribution is 7.09. The van der Waals surface area contributed by atoms with Gasteiger partial charge in [0, 0.05) is 18.6 Å². The highest BCUT2D eigenvalue weighted by Gasteiger charge is 2.19. The van der Waals surface area contributed by atoms with Crippen molar-refractivity contribution in [2.45, 2.75) is 6.92 Å². The minimum absolute atomic E-state index is 0.0466. The SMILES string of the molecule is CCO/N=C(/C(=O)O)c1nsc(NC)n1. The number of oxime groups is 1. The van der Waals surface area contributed by atoms with Gasteiger partial charge in [-0.25, -0.2) is 4.79 Å². The van der Waals surface area contributed by atoms with E-state index in [4.69, 9.17) is 5.11 Å². The van der Waals surface area contributed by atoms with Crippen molar-refractivity contribution in [3.05, 3.63) is 5.82 Å². The predicted molar refractivity (Wildman–Crippen MR) is 55.3 cm³/mol. The Morgan fingerprint density at radius 1 is 1.73 bits per heavy atom. The summed E-state index contributed by atoms with van der Waals surface area (Å²) in [5.74, 6) is -1.17. The molecule has 0 aliphatic rings. The van der Waals surface area contributed by atoms with E-state index >= 15 is 0 Å². The lowest BCUT2D eigenvalue weighted by Gasteiger charge is -1.95. The Morgan fingerprint density at radius 2 is 2.47 bits per heavy atom. The van der Waals surface area contributed by atoms with Crippen LogP contribution in [0.5, 0.6) is 0 Å². The van der Waals surface area contributed by atoms with Gasteiger partial charge in [-0.3, -0.25) is 0 Å². The van der Waals surface area contributed by atoms with E-state index < -0.39 is 5.97 Å². The molecule has 82 valence electrons. The van der Waals surface area contributed by atoms with Crippen LogP contribution in [-0.4, -0.2) is 39.8 Å². The minimum Gasteiger partial charge on any atom is -0.476 e. The van der Waals surface area contributed by atoms with Gasteiger partial charge in [-0.1, -0.05) is 5.16 Å². The predicted octanol–water partition coefficient (Wildman–Crippen LogP) is 0.405. The van der Waals surface area contributed by atoms with Gasteiger partial charge in [-0.15, -0.1) is 0 Å². The van der Waals surface area contributed by atoms with Gasteiger partial charge in [-0.2, -0.15) is 9.36 Å². The molecule has 15 heavy (non-hydrogen) atoms. The fourth-order valence-corrected chi connectivity index (χ4v) is 1.24. The molecule has 0 saturated heterocycles. The fourth-order valence-electron chi connectivity index (χ4n) is 0.726. The number of anilines is 1. The lowest BCUT2D eigenvalue weighted by molar-refractivity contribution is -0.129. The molecule has 1 heterocycles. The Bertz CT molecular complexity index is 376. The van der Waals surface area contributed by atoms with Crippen LogP contribution in [0, 0.1) is 0 Å². The largest absolute Gasteiger partial charge is 0.476 e. The zero-order chi connectivity index (χ0) is 11.3. The van der Waals surface area contributed by atoms with Gasteiger partial charge in [0.2, 0.25) is 16.7 Å². The van der Waals surface area contributed by atoms with Crippen LogP contribution in [0.2, 0.25) is 0 Å². The van der Waals surface area contributed by atoms with Crippen LogP contribution in [0.15, 0.2) is 5.16 Å². The number of nitrogens with one attached hydrogen (secondary N) is 1. The quantitative estimate of drug-likeness (QED) is 0.561. The topological polar surface area (TPSA) is 96.7 Å². The summed E-state index contributed by atoms with van der Waals surface area (Å²) in [5.41, 5.74) is -0.297. The van der Waals surface area contributed by atoms with Gasteiger partial charge in [0.25, 0.3) is 0 Å². The maximum Gasteiger partial charge on any atom is 0.362 e. The first kappa shape index (κ1) is 11.4. The van der Waals surface area contributed by atoms with E-state index in [0.29, 0.717) is 11.7 Å². The second kappa shape index (κ2) is 5.25. The molecule has 7 nitrogen and oxygen atoms in total. The van der Waals surface area contributed by atoms with Crippen LogP contribution in [0.3, 0.4) is 0 Å². The van der Waals surface area contributed by atoms with Crippen molar-refractivity contribution in [1.82, 2.24) is 9.36 Å². The third kappa shape index (κ3) is 2.88. The Labute approximate surface area is 89.9 Å². The molecule has 0 atom stereocenters. The Hall–Kier alpha value is -1.70. The van der Waals surface area contributed by atoms with E-state index in [1.54, 1.807) is 14.0 Å². The van der Waals surface area contributed by atoms with Gasteiger partial charge < -0.3 is 15.3 Å². The van der Waals surface area contributed by atoms with Gasteiger partial charge in [0.15, 0.2) is 0 Å². The molecule has 0 bridgehead atoms. The van der Waals surface area contributed by atoms with Gasteiger partial charge in [0.1, 0.15) is 6.61 Å². The molecule has 1 aromatic rings. The molecule has 0 amide bonds. The number of aromatic nitrogens is 2. The molecule has 0 unspecified atom stereocenters. The number of hydrogen-bond donors (Lipinski definition) is 2. The van der Waals surface area contributed by atoms with Gasteiger partial charge >= 0.3 is 5.97 Å². The summed E-state index contributed by atoms with van der Waals surface area (Å²) in [4.78, 5) is 19.4. The van der Waals surface area contributed by atoms with Crippen molar-refractivity contribution in [3.63, 3.8) is 0 Å². The van der Waals surface area contributed by atoms with Gasteiger partial charge in [-0.05, 0) is 6.92 Å². The van der Waals surface area contributed by atoms with Gasteiger partial charge in [0.05, 0.1) is 0 Å². The number of carboxylic acids is 1. The molecule has 8 heteroatoms. The molecule has 1 rings (SSSR count). The number of carbonyl (C=O) groups is 1. The van der Waals surface area contributed by atoms with Crippen LogP contribution < -0.4 is 5.32 Å². The molecule has 2 N–H and O–H groups in total. The minimum atomic E-state index is -1.22. The van der Waals surface area contributed by atoms with E-state index in [1.165, 1.54) is 0 Å². The summed E-state index contributed by atoms with van der Waals surface area (Å²) < 4.78 is 3.84. The van der Waals surface area contributed by atoms with Crippen molar-refractivity contribution >= 4 is 28.3 Å². The van der Waals surface area contributed by atoms with E-state index in [1.807, 2.05) is 0 Å². The van der Waals surface area contributed by atoms with Crippen molar-refractivity contribution in [2.75, 3.05) is 19.0 Å². The lowest BCUT2D eigenvalue weighted by atomic mass is 10.4.